The fraction of sp³-hybridized carbons (Fsp3) is 0.619. The van der Waals surface area contributed by atoms with Crippen molar-refractivity contribution in [1.82, 2.24) is 10.2 Å². The van der Waals surface area contributed by atoms with Crippen molar-refractivity contribution in [3.05, 3.63) is 23.5 Å². The van der Waals surface area contributed by atoms with E-state index in [0.717, 1.165) is 6.07 Å². The molecule has 1 unspecified atom stereocenters. The summed E-state index contributed by atoms with van der Waals surface area (Å²) in [6.07, 6.45) is -2.05. The van der Waals surface area contributed by atoms with E-state index in [1.807, 2.05) is 6.92 Å². The Hall–Kier alpha value is -2.62. The van der Waals surface area contributed by atoms with Crippen molar-refractivity contribution in [2.75, 3.05) is 37.8 Å². The highest BCUT2D eigenvalue weighted by molar-refractivity contribution is 5.96. The zero-order valence-corrected chi connectivity index (χ0v) is 18.6. The Bertz CT molecular complexity index is 800. The van der Waals surface area contributed by atoms with E-state index in [4.69, 9.17) is 15.2 Å². The molecule has 174 valence electrons. The minimum absolute atomic E-state index is 0.0371. The van der Waals surface area contributed by atoms with Gasteiger partial charge in [-0.1, -0.05) is 0 Å². The van der Waals surface area contributed by atoms with Gasteiger partial charge in [-0.2, -0.15) is 0 Å². The van der Waals surface area contributed by atoms with Crippen LogP contribution in [0.2, 0.25) is 0 Å². The summed E-state index contributed by atoms with van der Waals surface area (Å²) in [5, 5.41) is 5.44. The Kier molecular flexibility index (Phi) is 8.05. The van der Waals surface area contributed by atoms with Gasteiger partial charge >= 0.3 is 6.09 Å². The van der Waals surface area contributed by atoms with Gasteiger partial charge < -0.3 is 30.7 Å². The van der Waals surface area contributed by atoms with E-state index in [9.17, 15) is 18.4 Å². The Morgan fingerprint density at radius 3 is 2.65 bits per heavy atom. The molecule has 2 amide bonds. The quantitative estimate of drug-likeness (QED) is 0.585. The number of alkyl halides is 1. The largest absolute Gasteiger partial charge is 0.444 e. The summed E-state index contributed by atoms with van der Waals surface area (Å²) < 4.78 is 39.4. The summed E-state index contributed by atoms with van der Waals surface area (Å²) in [7, 11) is 1.55. The molecule has 0 radical (unpaired) electrons. The zero-order valence-electron chi connectivity index (χ0n) is 18.6. The Morgan fingerprint density at radius 1 is 1.35 bits per heavy atom. The number of nitrogens with two attached hydrogens (primary N) is 1. The molecule has 1 heterocycles. The number of anilines is 2. The predicted molar refractivity (Wildman–Crippen MR) is 114 cm³/mol. The first kappa shape index (κ1) is 24.6. The molecule has 10 heteroatoms. The van der Waals surface area contributed by atoms with E-state index in [-0.39, 0.29) is 36.9 Å². The fourth-order valence-corrected chi connectivity index (χ4v) is 3.05. The van der Waals surface area contributed by atoms with Gasteiger partial charge in [0.15, 0.2) is 0 Å². The van der Waals surface area contributed by atoms with Crippen LogP contribution in [0.25, 0.3) is 0 Å². The minimum atomic E-state index is -1.38. The molecule has 0 bridgehead atoms. The summed E-state index contributed by atoms with van der Waals surface area (Å²) >= 11 is 0. The number of nitrogens with zero attached hydrogens (tertiary/aromatic N) is 1. The molecule has 3 atom stereocenters. The summed E-state index contributed by atoms with van der Waals surface area (Å²) in [6, 6.07) is 1.33. The maximum Gasteiger partial charge on any atom is 0.410 e. The maximum atomic E-state index is 14.6. The third kappa shape index (κ3) is 6.95. The summed E-state index contributed by atoms with van der Waals surface area (Å²) in [5.41, 5.74) is 5.45. The zero-order chi connectivity index (χ0) is 23.3. The predicted octanol–water partition coefficient (Wildman–Crippen LogP) is 2.93. The number of hydrogen-bond acceptors (Lipinski definition) is 6. The number of hydrogen-bond donors (Lipinski definition) is 3. The van der Waals surface area contributed by atoms with E-state index >= 15 is 0 Å². The topological polar surface area (TPSA) is 106 Å². The van der Waals surface area contributed by atoms with Gasteiger partial charge in [0.05, 0.1) is 29.1 Å². The monoisotopic (exact) mass is 442 g/mol. The molecule has 0 aromatic heterocycles. The number of benzene rings is 1. The second-order valence-corrected chi connectivity index (χ2v) is 8.66. The number of methoxy groups -OCH3 is 1. The normalized spacial score (nSPS) is 20.2. The standard InChI is InChI=1S/C21H32F2N4O4/c1-12(30-5)10-25-17-9-15(23)13(8-16(17)24)19(28)26-18-11-27(7-6-14(18)22)20(29)31-21(2,3)4/h8-9,12,14,18,25H,6-7,10-11,24H2,1-5H3,(H,26,28)/t12?,14-,18-/m0/s1. The molecule has 2 rings (SSSR count). The number of carbonyl (C=O) groups is 2. The van der Waals surface area contributed by atoms with Crippen molar-refractivity contribution in [1.29, 1.82) is 0 Å². The third-order valence-electron chi connectivity index (χ3n) is 4.86. The lowest BCUT2D eigenvalue weighted by Crippen LogP contribution is -2.55. The number of amides is 2. The van der Waals surface area contributed by atoms with Crippen LogP contribution in [0, 0.1) is 5.82 Å². The van der Waals surface area contributed by atoms with E-state index < -0.39 is 35.6 Å². The van der Waals surface area contributed by atoms with Gasteiger partial charge in [0.2, 0.25) is 0 Å². The van der Waals surface area contributed by atoms with E-state index in [0.29, 0.717) is 12.2 Å². The molecular weight excluding hydrogens is 410 g/mol. The lowest BCUT2D eigenvalue weighted by Gasteiger charge is -2.36. The van der Waals surface area contributed by atoms with Crippen molar-refractivity contribution in [2.24, 2.45) is 0 Å². The summed E-state index contributed by atoms with van der Waals surface area (Å²) in [6.45, 7) is 7.52. The number of carbonyl (C=O) groups excluding carboxylic acids is 2. The van der Waals surface area contributed by atoms with Crippen molar-refractivity contribution in [3.8, 4) is 0 Å². The Labute approximate surface area is 181 Å². The number of likely N-dealkylation sites (tertiary alicyclic amines) is 1. The van der Waals surface area contributed by atoms with Crippen LogP contribution in [0.15, 0.2) is 12.1 Å². The molecule has 1 saturated heterocycles. The molecule has 1 aromatic carbocycles. The fourth-order valence-electron chi connectivity index (χ4n) is 3.05. The molecule has 4 N–H and O–H groups in total. The van der Waals surface area contributed by atoms with Gasteiger partial charge in [-0.15, -0.1) is 0 Å². The van der Waals surface area contributed by atoms with E-state index in [2.05, 4.69) is 10.6 Å². The van der Waals surface area contributed by atoms with Crippen LogP contribution in [-0.2, 0) is 9.47 Å². The Balaban J connectivity index is 2.07. The molecule has 0 spiro atoms. The molecule has 1 fully saturated rings. The van der Waals surface area contributed by atoms with E-state index in [1.165, 1.54) is 11.0 Å². The second-order valence-electron chi connectivity index (χ2n) is 8.66. The lowest BCUT2D eigenvalue weighted by molar-refractivity contribution is 0.0112. The van der Waals surface area contributed by atoms with Crippen LogP contribution >= 0.6 is 0 Å². The van der Waals surface area contributed by atoms with E-state index in [1.54, 1.807) is 27.9 Å². The molecule has 1 aromatic rings. The van der Waals surface area contributed by atoms with Crippen LogP contribution in [0.5, 0.6) is 0 Å². The Morgan fingerprint density at radius 2 is 2.03 bits per heavy atom. The number of halogens is 2. The van der Waals surface area contributed by atoms with Crippen LogP contribution < -0.4 is 16.4 Å². The maximum absolute atomic E-state index is 14.6. The smallest absolute Gasteiger partial charge is 0.410 e. The third-order valence-corrected chi connectivity index (χ3v) is 4.86. The summed E-state index contributed by atoms with van der Waals surface area (Å²) in [4.78, 5) is 26.2. The van der Waals surface area contributed by atoms with Gasteiger partial charge in [-0.05, 0) is 46.2 Å². The van der Waals surface area contributed by atoms with Crippen LogP contribution in [0.1, 0.15) is 44.5 Å². The first-order chi connectivity index (χ1) is 14.4. The number of ether oxygens (including phenoxy) is 2. The van der Waals surface area contributed by atoms with Crippen molar-refractivity contribution < 1.29 is 27.8 Å². The lowest BCUT2D eigenvalue weighted by atomic mass is 10.0. The second kappa shape index (κ2) is 10.1. The van der Waals surface area contributed by atoms with Crippen LogP contribution in [0.3, 0.4) is 0 Å². The average molecular weight is 443 g/mol. The number of nitrogens with one attached hydrogen (secondary N) is 2. The number of rotatable bonds is 6. The SMILES string of the molecule is COC(C)CNc1cc(F)c(C(=O)N[C@H]2CN(C(=O)OC(C)(C)C)CC[C@@H]2F)cc1N. The first-order valence-corrected chi connectivity index (χ1v) is 10.2. The van der Waals surface area contributed by atoms with Gasteiger partial charge in [0.1, 0.15) is 17.6 Å². The molecule has 0 aliphatic carbocycles. The molecule has 1 aliphatic rings. The molecular formula is C21H32F2N4O4. The number of nitrogen functional groups attached to an aromatic ring is 1. The molecule has 8 nitrogen and oxygen atoms in total. The molecule has 1 aliphatic heterocycles. The van der Waals surface area contributed by atoms with Crippen molar-refractivity contribution in [3.63, 3.8) is 0 Å². The highest BCUT2D eigenvalue weighted by atomic mass is 19.1. The van der Waals surface area contributed by atoms with Crippen molar-refractivity contribution in [2.45, 2.75) is 58.0 Å². The van der Waals surface area contributed by atoms with Gasteiger partial charge in [0.25, 0.3) is 5.91 Å². The van der Waals surface area contributed by atoms with Crippen LogP contribution in [0.4, 0.5) is 25.0 Å². The highest BCUT2D eigenvalue weighted by Gasteiger charge is 2.35. The minimum Gasteiger partial charge on any atom is -0.444 e. The molecule has 31 heavy (non-hydrogen) atoms. The van der Waals surface area contributed by atoms with Gasteiger partial charge in [0, 0.05) is 26.7 Å². The number of piperidine rings is 1. The highest BCUT2D eigenvalue weighted by Crippen LogP contribution is 2.24. The van der Waals surface area contributed by atoms with Gasteiger partial charge in [-0.3, -0.25) is 4.79 Å². The molecule has 0 saturated carbocycles. The first-order valence-electron chi connectivity index (χ1n) is 10.2. The van der Waals surface area contributed by atoms with Gasteiger partial charge in [-0.25, -0.2) is 13.6 Å². The summed E-state index contributed by atoms with van der Waals surface area (Å²) in [5.74, 6) is -1.60. The van der Waals surface area contributed by atoms with Crippen molar-refractivity contribution >= 4 is 23.4 Å². The average Bonchev–Trinajstić information content (AvgIpc) is 2.68. The van der Waals surface area contributed by atoms with Crippen LogP contribution in [-0.4, -0.2) is 67.6 Å².